The van der Waals surface area contributed by atoms with E-state index in [0.717, 1.165) is 19.5 Å². The fourth-order valence-electron chi connectivity index (χ4n) is 4.50. The Bertz CT molecular complexity index is 925. The van der Waals surface area contributed by atoms with E-state index in [4.69, 9.17) is 0 Å². The summed E-state index contributed by atoms with van der Waals surface area (Å²) in [5, 5.41) is 8.68. The maximum atomic E-state index is 12.8. The number of aromatic amines is 1. The summed E-state index contributed by atoms with van der Waals surface area (Å²) in [6.45, 7) is 6.22. The molecule has 1 amide bonds. The Morgan fingerprint density at radius 1 is 1.24 bits per heavy atom. The van der Waals surface area contributed by atoms with Gasteiger partial charge in [-0.15, -0.1) is 0 Å². The van der Waals surface area contributed by atoms with Crippen molar-refractivity contribution < 1.29 is 4.79 Å². The minimum atomic E-state index is 0.0806. The van der Waals surface area contributed by atoms with Crippen molar-refractivity contribution in [2.45, 2.75) is 44.9 Å². The van der Waals surface area contributed by atoms with Gasteiger partial charge in [-0.3, -0.25) is 4.79 Å². The summed E-state index contributed by atoms with van der Waals surface area (Å²) in [5.41, 5.74) is 4.98. The summed E-state index contributed by atoms with van der Waals surface area (Å²) in [7, 11) is 0. The zero-order valence-electron chi connectivity index (χ0n) is 17.2. The third-order valence-corrected chi connectivity index (χ3v) is 6.83. The number of nitrogens with one attached hydrogen (secondary N) is 2. The lowest BCUT2D eigenvalue weighted by atomic mass is 9.89. The molecule has 2 aromatic heterocycles. The van der Waals surface area contributed by atoms with Crippen molar-refractivity contribution in [3.05, 3.63) is 57.9 Å². The molecule has 0 radical (unpaired) electrons. The number of nitrogens with zero attached hydrogens (tertiary/aromatic N) is 1. The minimum absolute atomic E-state index is 0.0806. The molecule has 4 rings (SSSR count). The molecule has 4 nitrogen and oxygen atoms in total. The van der Waals surface area contributed by atoms with Crippen LogP contribution in [0, 0.1) is 0 Å². The minimum Gasteiger partial charge on any atom is -0.361 e. The smallest absolute Gasteiger partial charge is 0.220 e. The fourth-order valence-corrected chi connectivity index (χ4v) is 5.21. The van der Waals surface area contributed by atoms with Gasteiger partial charge in [0.25, 0.3) is 0 Å². The van der Waals surface area contributed by atoms with Crippen molar-refractivity contribution in [3.8, 4) is 0 Å². The highest BCUT2D eigenvalue weighted by Crippen LogP contribution is 2.35. The largest absolute Gasteiger partial charge is 0.361 e. The van der Waals surface area contributed by atoms with Gasteiger partial charge in [0.05, 0.1) is 0 Å². The van der Waals surface area contributed by atoms with E-state index >= 15 is 0 Å². The molecule has 1 aromatic carbocycles. The first kappa shape index (κ1) is 20.2. The van der Waals surface area contributed by atoms with Crippen LogP contribution in [0.5, 0.6) is 0 Å². The third kappa shape index (κ3) is 4.73. The van der Waals surface area contributed by atoms with Gasteiger partial charge >= 0.3 is 0 Å². The van der Waals surface area contributed by atoms with Gasteiger partial charge in [0.1, 0.15) is 0 Å². The number of likely N-dealkylation sites (tertiary alicyclic amines) is 1. The van der Waals surface area contributed by atoms with Crippen LogP contribution in [0.25, 0.3) is 10.9 Å². The normalized spacial score (nSPS) is 16.2. The molecule has 3 heterocycles. The lowest BCUT2D eigenvalue weighted by Crippen LogP contribution is -2.38. The summed E-state index contributed by atoms with van der Waals surface area (Å²) in [6.07, 6.45) is 7.50. The molecule has 5 heteroatoms. The predicted octanol–water partition coefficient (Wildman–Crippen LogP) is 4.92. The summed E-state index contributed by atoms with van der Waals surface area (Å²) in [6, 6.07) is 8.63. The summed E-state index contributed by atoms with van der Waals surface area (Å²) in [4.78, 5) is 18.7. The van der Waals surface area contributed by atoms with Crippen LogP contribution < -0.4 is 5.32 Å². The number of piperidine rings is 1. The van der Waals surface area contributed by atoms with Crippen LogP contribution in [0.2, 0.25) is 0 Å². The van der Waals surface area contributed by atoms with Crippen molar-refractivity contribution in [1.29, 1.82) is 0 Å². The maximum absolute atomic E-state index is 12.8. The second kappa shape index (κ2) is 9.59. The van der Waals surface area contributed by atoms with E-state index in [1.807, 2.05) is 0 Å². The molecule has 2 N–H and O–H groups in total. The van der Waals surface area contributed by atoms with Crippen LogP contribution in [-0.2, 0) is 11.2 Å². The number of thiophene rings is 1. The lowest BCUT2D eigenvalue weighted by Gasteiger charge is -2.26. The standard InChI is InChI=1S/C24H31N3OS/c1-2-18-7-6-8-20-22(16-26-24(18)20)21(19-9-14-29-17-19)15-23(28)25-10-13-27-11-4-3-5-12-27/h6-9,14,16-17,21,26H,2-5,10-13,15H2,1H3,(H,25,28). The summed E-state index contributed by atoms with van der Waals surface area (Å²) in [5.74, 6) is 0.219. The van der Waals surface area contributed by atoms with Crippen LogP contribution in [0.4, 0.5) is 0 Å². The third-order valence-electron chi connectivity index (χ3n) is 6.12. The van der Waals surface area contributed by atoms with Crippen molar-refractivity contribution in [3.63, 3.8) is 0 Å². The fraction of sp³-hybridized carbons (Fsp3) is 0.458. The monoisotopic (exact) mass is 409 g/mol. The zero-order chi connectivity index (χ0) is 20.1. The number of fused-ring (bicyclic) bond motifs is 1. The number of para-hydroxylation sites is 1. The Morgan fingerprint density at radius 3 is 2.86 bits per heavy atom. The molecule has 1 atom stereocenters. The van der Waals surface area contributed by atoms with E-state index in [1.54, 1.807) is 11.3 Å². The maximum Gasteiger partial charge on any atom is 0.220 e. The molecule has 0 spiro atoms. The second-order valence-corrected chi connectivity index (χ2v) is 8.78. The number of benzene rings is 1. The number of H-pyrrole nitrogens is 1. The van der Waals surface area contributed by atoms with Gasteiger partial charge in [0.15, 0.2) is 0 Å². The van der Waals surface area contributed by atoms with E-state index in [1.165, 1.54) is 59.9 Å². The molecule has 1 fully saturated rings. The number of hydrogen-bond acceptors (Lipinski definition) is 3. The number of hydrogen-bond donors (Lipinski definition) is 2. The summed E-state index contributed by atoms with van der Waals surface area (Å²) < 4.78 is 0. The van der Waals surface area contributed by atoms with Gasteiger partial charge in [-0.1, -0.05) is 31.5 Å². The van der Waals surface area contributed by atoms with Crippen LogP contribution in [0.1, 0.15) is 55.2 Å². The quantitative estimate of drug-likeness (QED) is 0.555. The molecule has 154 valence electrons. The average molecular weight is 410 g/mol. The number of aromatic nitrogens is 1. The molecule has 3 aromatic rings. The number of carbonyl (C=O) groups excluding carboxylic acids is 1. The number of carbonyl (C=O) groups is 1. The van der Waals surface area contributed by atoms with Crippen LogP contribution in [0.15, 0.2) is 41.2 Å². The number of amides is 1. The van der Waals surface area contributed by atoms with Gasteiger partial charge in [0, 0.05) is 42.5 Å². The molecule has 0 bridgehead atoms. The molecular weight excluding hydrogens is 378 g/mol. The van der Waals surface area contributed by atoms with Crippen molar-refractivity contribution >= 4 is 28.1 Å². The SMILES string of the molecule is CCc1cccc2c(C(CC(=O)NCCN3CCCCC3)c3ccsc3)c[nH]c12. The van der Waals surface area contributed by atoms with Gasteiger partial charge in [-0.25, -0.2) is 0 Å². The van der Waals surface area contributed by atoms with Gasteiger partial charge in [0.2, 0.25) is 5.91 Å². The number of rotatable bonds is 8. The van der Waals surface area contributed by atoms with Gasteiger partial charge in [-0.2, -0.15) is 11.3 Å². The molecule has 0 saturated carbocycles. The second-order valence-electron chi connectivity index (χ2n) is 8.00. The van der Waals surface area contributed by atoms with Crippen molar-refractivity contribution in [2.75, 3.05) is 26.2 Å². The Hall–Kier alpha value is -2.11. The topological polar surface area (TPSA) is 48.1 Å². The highest BCUT2D eigenvalue weighted by Gasteiger charge is 2.22. The van der Waals surface area contributed by atoms with Gasteiger partial charge in [-0.05, 0) is 65.9 Å². The van der Waals surface area contributed by atoms with E-state index in [9.17, 15) is 4.79 Å². The van der Waals surface area contributed by atoms with Crippen molar-refractivity contribution in [2.24, 2.45) is 0 Å². The van der Waals surface area contributed by atoms with Crippen LogP contribution >= 0.6 is 11.3 Å². The van der Waals surface area contributed by atoms with E-state index < -0.39 is 0 Å². The highest BCUT2D eigenvalue weighted by molar-refractivity contribution is 7.08. The summed E-state index contributed by atoms with van der Waals surface area (Å²) >= 11 is 1.69. The molecule has 1 aliphatic heterocycles. The van der Waals surface area contributed by atoms with Crippen molar-refractivity contribution in [1.82, 2.24) is 15.2 Å². The van der Waals surface area contributed by atoms with E-state index in [2.05, 4.69) is 63.3 Å². The van der Waals surface area contributed by atoms with Gasteiger partial charge < -0.3 is 15.2 Å². The molecule has 1 unspecified atom stereocenters. The first-order valence-corrected chi connectivity index (χ1v) is 11.8. The Kier molecular flexibility index (Phi) is 6.67. The Morgan fingerprint density at radius 2 is 2.10 bits per heavy atom. The first-order valence-electron chi connectivity index (χ1n) is 10.9. The van der Waals surface area contributed by atoms with Crippen LogP contribution in [-0.4, -0.2) is 42.0 Å². The molecule has 29 heavy (non-hydrogen) atoms. The van der Waals surface area contributed by atoms with E-state index in [0.29, 0.717) is 6.42 Å². The van der Waals surface area contributed by atoms with E-state index in [-0.39, 0.29) is 11.8 Å². The Balaban J connectivity index is 1.48. The first-order chi connectivity index (χ1) is 14.3. The zero-order valence-corrected chi connectivity index (χ0v) is 18.1. The lowest BCUT2D eigenvalue weighted by molar-refractivity contribution is -0.121. The Labute approximate surface area is 177 Å². The molecule has 0 aliphatic carbocycles. The number of aryl methyl sites for hydroxylation is 1. The molecule has 1 saturated heterocycles. The molecular formula is C24H31N3OS. The molecule has 1 aliphatic rings. The predicted molar refractivity (Wildman–Crippen MR) is 122 cm³/mol. The highest BCUT2D eigenvalue weighted by atomic mass is 32.1. The average Bonchev–Trinajstić information content (AvgIpc) is 3.43. The van der Waals surface area contributed by atoms with Crippen LogP contribution in [0.3, 0.4) is 0 Å².